The molecule has 3 aromatic carbocycles. The maximum absolute atomic E-state index is 11.1. The van der Waals surface area contributed by atoms with Crippen LogP contribution < -0.4 is 24.4 Å². The third-order valence-corrected chi connectivity index (χ3v) is 7.13. The molecule has 0 aromatic heterocycles. The van der Waals surface area contributed by atoms with Crippen LogP contribution in [0.1, 0.15) is 43.6 Å². The third-order valence-electron chi connectivity index (χ3n) is 6.90. The van der Waals surface area contributed by atoms with Gasteiger partial charge in [0.2, 0.25) is 5.91 Å². The van der Waals surface area contributed by atoms with Crippen molar-refractivity contribution < 1.29 is 43.5 Å². The molecule has 0 radical (unpaired) electrons. The van der Waals surface area contributed by atoms with Gasteiger partial charge in [0.05, 0.1) is 14.2 Å². The van der Waals surface area contributed by atoms with Crippen molar-refractivity contribution in [3.63, 3.8) is 0 Å². The van der Waals surface area contributed by atoms with Gasteiger partial charge in [-0.25, -0.2) is 4.79 Å². The number of halogens is 1. The number of carbonyl (C=O) groups excluding carboxylic acids is 2. The molecule has 0 heterocycles. The minimum atomic E-state index is -1.00. The Balaban J connectivity index is 0.000000382. The fourth-order valence-electron chi connectivity index (χ4n) is 4.74. The number of carboxylic acid groups (broad SMARTS) is 1. The van der Waals surface area contributed by atoms with Gasteiger partial charge in [0, 0.05) is 60.9 Å². The van der Waals surface area contributed by atoms with E-state index in [9.17, 15) is 19.5 Å². The zero-order chi connectivity index (χ0) is 35.0. The molecular formula is C35H45ClN2O9. The molecule has 0 saturated heterocycles. The number of anilines is 1. The highest BCUT2D eigenvalue weighted by molar-refractivity contribution is 6.30. The number of aliphatic hydroxyl groups excluding tert-OH is 1. The molecule has 0 saturated carbocycles. The average Bonchev–Trinajstić information content (AvgIpc) is 3.04. The van der Waals surface area contributed by atoms with Crippen LogP contribution in [0.25, 0.3) is 0 Å². The third kappa shape index (κ3) is 12.8. The van der Waals surface area contributed by atoms with Gasteiger partial charge >= 0.3 is 5.97 Å². The maximum Gasteiger partial charge on any atom is 0.341 e. The number of hydrogen-bond donors (Lipinski definition) is 3. The van der Waals surface area contributed by atoms with E-state index in [2.05, 4.69) is 5.32 Å². The SMILES string of the molecule is CC(=O)NCCc1ccc(OCC(=O)O)cc1.COc1cccc(C(OCC=O)c2cc(Cl)ccc2N(C)CC(C)(C)CO)c1OC. The Morgan fingerprint density at radius 1 is 1.04 bits per heavy atom. The Kier molecular flexibility index (Phi) is 16.0. The van der Waals surface area contributed by atoms with E-state index in [1.165, 1.54) is 6.92 Å². The second kappa shape index (κ2) is 19.4. The molecule has 256 valence electrons. The smallest absolute Gasteiger partial charge is 0.341 e. The van der Waals surface area contributed by atoms with Crippen LogP contribution in [0.2, 0.25) is 5.02 Å². The highest BCUT2D eigenvalue weighted by Crippen LogP contribution is 2.42. The first-order chi connectivity index (χ1) is 22.3. The number of aliphatic hydroxyl groups is 1. The largest absolute Gasteiger partial charge is 0.493 e. The molecule has 0 fully saturated rings. The minimum absolute atomic E-state index is 0.0496. The molecule has 0 bridgehead atoms. The summed E-state index contributed by atoms with van der Waals surface area (Å²) in [5.74, 6) is 0.565. The Labute approximate surface area is 281 Å². The van der Waals surface area contributed by atoms with Gasteiger partial charge in [-0.1, -0.05) is 49.7 Å². The summed E-state index contributed by atoms with van der Waals surface area (Å²) in [7, 11) is 5.08. The van der Waals surface area contributed by atoms with E-state index < -0.39 is 12.1 Å². The lowest BCUT2D eigenvalue weighted by Crippen LogP contribution is -2.34. The van der Waals surface area contributed by atoms with Gasteiger partial charge in [0.15, 0.2) is 18.1 Å². The van der Waals surface area contributed by atoms with E-state index in [1.807, 2.05) is 68.3 Å². The van der Waals surface area contributed by atoms with Crippen molar-refractivity contribution >= 4 is 35.5 Å². The van der Waals surface area contributed by atoms with E-state index in [0.717, 1.165) is 28.8 Å². The van der Waals surface area contributed by atoms with Crippen LogP contribution in [0.15, 0.2) is 60.7 Å². The fourth-order valence-corrected chi connectivity index (χ4v) is 4.92. The van der Waals surface area contributed by atoms with Crippen molar-refractivity contribution in [3.05, 3.63) is 82.4 Å². The second-order valence-corrected chi connectivity index (χ2v) is 11.8. The number of carboxylic acids is 1. The molecule has 0 aliphatic rings. The fraction of sp³-hybridized carbons (Fsp3) is 0.400. The van der Waals surface area contributed by atoms with Crippen LogP contribution in [0.4, 0.5) is 5.69 Å². The molecule has 12 heteroatoms. The first-order valence-corrected chi connectivity index (χ1v) is 15.3. The summed E-state index contributed by atoms with van der Waals surface area (Å²) in [5, 5.41) is 21.4. The number of aliphatic carboxylic acids is 1. The highest BCUT2D eigenvalue weighted by atomic mass is 35.5. The molecule has 1 unspecified atom stereocenters. The van der Waals surface area contributed by atoms with Crippen LogP contribution in [-0.2, 0) is 25.5 Å². The van der Waals surface area contributed by atoms with Gasteiger partial charge in [-0.05, 0) is 48.4 Å². The van der Waals surface area contributed by atoms with Crippen LogP contribution in [0.5, 0.6) is 17.2 Å². The van der Waals surface area contributed by atoms with Crippen molar-refractivity contribution in [1.82, 2.24) is 5.32 Å². The first-order valence-electron chi connectivity index (χ1n) is 14.9. The monoisotopic (exact) mass is 672 g/mol. The molecule has 0 aliphatic heterocycles. The highest BCUT2D eigenvalue weighted by Gasteiger charge is 2.27. The van der Waals surface area contributed by atoms with Crippen molar-refractivity contribution in [2.75, 3.05) is 59.1 Å². The van der Waals surface area contributed by atoms with Gasteiger partial charge in [-0.2, -0.15) is 0 Å². The average molecular weight is 673 g/mol. The Morgan fingerprint density at radius 2 is 1.74 bits per heavy atom. The van der Waals surface area contributed by atoms with Crippen LogP contribution in [-0.4, -0.2) is 82.6 Å². The van der Waals surface area contributed by atoms with Gasteiger partial charge < -0.3 is 44.2 Å². The van der Waals surface area contributed by atoms with Crippen molar-refractivity contribution in [2.24, 2.45) is 5.41 Å². The topological polar surface area (TPSA) is 144 Å². The predicted molar refractivity (Wildman–Crippen MR) is 181 cm³/mol. The van der Waals surface area contributed by atoms with Gasteiger partial charge in [-0.15, -0.1) is 0 Å². The number of hydrogen-bond acceptors (Lipinski definition) is 9. The van der Waals surface area contributed by atoms with E-state index in [-0.39, 0.29) is 31.1 Å². The lowest BCUT2D eigenvalue weighted by Gasteiger charge is -2.33. The van der Waals surface area contributed by atoms with Crippen LogP contribution in [0.3, 0.4) is 0 Å². The molecular weight excluding hydrogens is 628 g/mol. The summed E-state index contributed by atoms with van der Waals surface area (Å²) >= 11 is 6.34. The van der Waals surface area contributed by atoms with E-state index in [0.29, 0.717) is 41.6 Å². The molecule has 47 heavy (non-hydrogen) atoms. The van der Waals surface area contributed by atoms with Crippen molar-refractivity contribution in [3.8, 4) is 17.2 Å². The number of aldehydes is 1. The number of ether oxygens (including phenoxy) is 4. The Bertz CT molecular complexity index is 1450. The zero-order valence-electron chi connectivity index (χ0n) is 27.7. The molecule has 3 aromatic rings. The second-order valence-electron chi connectivity index (χ2n) is 11.4. The molecule has 3 rings (SSSR count). The normalized spacial score (nSPS) is 11.4. The van der Waals surface area contributed by atoms with Crippen molar-refractivity contribution in [1.29, 1.82) is 0 Å². The Morgan fingerprint density at radius 3 is 2.32 bits per heavy atom. The predicted octanol–water partition coefficient (Wildman–Crippen LogP) is 4.95. The molecule has 1 amide bonds. The Hall–Kier alpha value is -4.32. The van der Waals surface area contributed by atoms with Gasteiger partial charge in [-0.3, -0.25) is 4.79 Å². The first kappa shape index (κ1) is 38.9. The molecule has 3 N–H and O–H groups in total. The molecule has 0 aliphatic carbocycles. The summed E-state index contributed by atoms with van der Waals surface area (Å²) in [6.45, 7) is 6.26. The number of nitrogens with one attached hydrogen (secondary N) is 1. The van der Waals surface area contributed by atoms with Gasteiger partial charge in [0.1, 0.15) is 24.7 Å². The number of benzene rings is 3. The summed E-state index contributed by atoms with van der Waals surface area (Å²) < 4.78 is 22.0. The molecule has 0 spiro atoms. The summed E-state index contributed by atoms with van der Waals surface area (Å²) in [5.41, 5.74) is 3.13. The number of nitrogens with zero attached hydrogens (tertiary/aromatic N) is 1. The van der Waals surface area contributed by atoms with Crippen molar-refractivity contribution in [2.45, 2.75) is 33.3 Å². The number of carbonyl (C=O) groups is 3. The van der Waals surface area contributed by atoms with E-state index in [1.54, 1.807) is 32.4 Å². The molecule has 11 nitrogen and oxygen atoms in total. The summed E-state index contributed by atoms with van der Waals surface area (Å²) in [6, 6.07) is 18.2. The van der Waals surface area contributed by atoms with Crippen LogP contribution >= 0.6 is 11.6 Å². The number of amides is 1. The summed E-state index contributed by atoms with van der Waals surface area (Å²) in [4.78, 5) is 34.1. The lowest BCUT2D eigenvalue weighted by molar-refractivity contribution is -0.139. The molecule has 1 atom stereocenters. The number of para-hydroxylation sites is 1. The standard InChI is InChI=1S/C23H30ClNO5.C12H15NO4/c1-23(2,15-27)14-25(3)19-10-9-16(24)13-18(19)21(30-12-11-26)17-7-6-8-20(28-4)22(17)29-5;1-9(14)13-7-6-10-2-4-11(5-3-10)17-8-12(15)16/h6-11,13,21,27H,12,14-15H2,1-5H3;2-5H,6-8H2,1H3,(H,13,14)(H,15,16). The lowest BCUT2D eigenvalue weighted by atomic mass is 9.93. The van der Waals surface area contributed by atoms with E-state index >= 15 is 0 Å². The van der Waals surface area contributed by atoms with Crippen LogP contribution in [0, 0.1) is 5.41 Å². The maximum atomic E-state index is 11.1. The number of rotatable bonds is 17. The minimum Gasteiger partial charge on any atom is -0.493 e. The van der Waals surface area contributed by atoms with Gasteiger partial charge in [0.25, 0.3) is 0 Å². The quantitative estimate of drug-likeness (QED) is 0.169. The van der Waals surface area contributed by atoms with E-state index in [4.69, 9.17) is 35.7 Å². The zero-order valence-corrected chi connectivity index (χ0v) is 28.5. The number of methoxy groups -OCH3 is 2. The summed E-state index contributed by atoms with van der Waals surface area (Å²) in [6.07, 6.45) is 0.829.